The Morgan fingerprint density at radius 1 is 1.00 bits per heavy atom. The number of aryl methyl sites for hydroxylation is 1. The summed E-state index contributed by atoms with van der Waals surface area (Å²) in [5, 5.41) is 3.50. The molecule has 158 valence electrons. The SMILES string of the molecule is CCOc1cccc(CNCCCn2ccnc2)c1OCc1ccccc1.Cl.Cl. The molecule has 1 aromatic heterocycles. The van der Waals surface area contributed by atoms with Gasteiger partial charge in [0, 0.05) is 31.0 Å². The molecule has 5 nitrogen and oxygen atoms in total. The van der Waals surface area contributed by atoms with Gasteiger partial charge < -0.3 is 19.4 Å². The lowest BCUT2D eigenvalue weighted by Crippen LogP contribution is -2.17. The van der Waals surface area contributed by atoms with Crippen LogP contribution in [0.25, 0.3) is 0 Å². The van der Waals surface area contributed by atoms with Gasteiger partial charge in [-0.3, -0.25) is 0 Å². The van der Waals surface area contributed by atoms with E-state index in [1.807, 2.05) is 56.0 Å². The highest BCUT2D eigenvalue weighted by Crippen LogP contribution is 2.32. The van der Waals surface area contributed by atoms with E-state index in [1.54, 1.807) is 0 Å². The Labute approximate surface area is 185 Å². The fourth-order valence-corrected chi connectivity index (χ4v) is 2.89. The van der Waals surface area contributed by atoms with Gasteiger partial charge in [-0.25, -0.2) is 4.98 Å². The summed E-state index contributed by atoms with van der Waals surface area (Å²) in [4.78, 5) is 4.06. The van der Waals surface area contributed by atoms with Crippen LogP contribution in [-0.2, 0) is 19.7 Å². The second-order valence-electron chi connectivity index (χ2n) is 6.28. The van der Waals surface area contributed by atoms with E-state index in [0.717, 1.165) is 48.7 Å². The quantitative estimate of drug-likeness (QED) is 0.434. The molecule has 1 heterocycles. The molecule has 0 radical (unpaired) electrons. The van der Waals surface area contributed by atoms with Crippen molar-refractivity contribution in [2.24, 2.45) is 0 Å². The number of imidazole rings is 1. The summed E-state index contributed by atoms with van der Waals surface area (Å²) in [7, 11) is 0. The number of ether oxygens (including phenoxy) is 2. The number of hydrogen-bond donors (Lipinski definition) is 1. The molecular formula is C22H29Cl2N3O2. The molecule has 0 atom stereocenters. The number of para-hydroxylation sites is 1. The van der Waals surface area contributed by atoms with Gasteiger partial charge in [0.05, 0.1) is 12.9 Å². The van der Waals surface area contributed by atoms with Gasteiger partial charge in [-0.15, -0.1) is 24.8 Å². The standard InChI is InChI=1S/C22H27N3O2.2ClH/c1-2-26-21-11-6-10-20(16-23-12-7-14-25-15-13-24-18-25)22(21)27-17-19-8-4-3-5-9-19;;/h3-6,8-11,13,15,18,23H,2,7,12,14,16-17H2,1H3;2*1H. The van der Waals surface area contributed by atoms with E-state index in [9.17, 15) is 0 Å². The predicted molar refractivity (Wildman–Crippen MR) is 121 cm³/mol. The third-order valence-corrected chi connectivity index (χ3v) is 4.23. The van der Waals surface area contributed by atoms with E-state index < -0.39 is 0 Å². The van der Waals surface area contributed by atoms with Crippen LogP contribution < -0.4 is 14.8 Å². The smallest absolute Gasteiger partial charge is 0.166 e. The van der Waals surface area contributed by atoms with Crippen LogP contribution in [0.4, 0.5) is 0 Å². The molecule has 0 spiro atoms. The number of aromatic nitrogens is 2. The molecular weight excluding hydrogens is 409 g/mol. The fourth-order valence-electron chi connectivity index (χ4n) is 2.89. The molecule has 7 heteroatoms. The zero-order valence-corrected chi connectivity index (χ0v) is 18.3. The van der Waals surface area contributed by atoms with E-state index >= 15 is 0 Å². The normalized spacial score (nSPS) is 9.97. The Hall–Kier alpha value is -2.21. The average Bonchev–Trinajstić information content (AvgIpc) is 3.22. The Balaban J connectivity index is 0.00000210. The molecule has 0 aliphatic heterocycles. The maximum absolute atomic E-state index is 6.15. The number of rotatable bonds is 11. The summed E-state index contributed by atoms with van der Waals surface area (Å²) < 4.78 is 14.0. The number of nitrogens with zero attached hydrogens (tertiary/aromatic N) is 2. The minimum atomic E-state index is 0. The molecule has 3 aromatic rings. The average molecular weight is 438 g/mol. The van der Waals surface area contributed by atoms with Crippen LogP contribution in [0.15, 0.2) is 67.3 Å². The molecule has 0 amide bonds. The second kappa shape index (κ2) is 13.9. The maximum atomic E-state index is 6.15. The highest BCUT2D eigenvalue weighted by atomic mass is 35.5. The second-order valence-corrected chi connectivity index (χ2v) is 6.28. The number of benzene rings is 2. The van der Waals surface area contributed by atoms with Crippen molar-refractivity contribution in [2.45, 2.75) is 33.0 Å². The van der Waals surface area contributed by atoms with Crippen molar-refractivity contribution in [1.82, 2.24) is 14.9 Å². The van der Waals surface area contributed by atoms with E-state index in [2.05, 4.69) is 33.1 Å². The predicted octanol–water partition coefficient (Wildman–Crippen LogP) is 4.88. The summed E-state index contributed by atoms with van der Waals surface area (Å²) in [6.45, 7) is 5.76. The molecule has 0 fully saturated rings. The van der Waals surface area contributed by atoms with Gasteiger partial charge in [-0.1, -0.05) is 42.5 Å². The Morgan fingerprint density at radius 2 is 1.83 bits per heavy atom. The van der Waals surface area contributed by atoms with Crippen molar-refractivity contribution in [2.75, 3.05) is 13.2 Å². The van der Waals surface area contributed by atoms with Gasteiger partial charge in [-0.05, 0) is 31.5 Å². The summed E-state index contributed by atoms with van der Waals surface area (Å²) in [5.41, 5.74) is 2.25. The largest absolute Gasteiger partial charge is 0.490 e. The van der Waals surface area contributed by atoms with Gasteiger partial charge in [0.2, 0.25) is 0 Å². The molecule has 1 N–H and O–H groups in total. The molecule has 0 aliphatic rings. The highest BCUT2D eigenvalue weighted by molar-refractivity contribution is 5.85. The van der Waals surface area contributed by atoms with E-state index in [0.29, 0.717) is 13.2 Å². The van der Waals surface area contributed by atoms with Crippen molar-refractivity contribution in [3.05, 3.63) is 78.4 Å². The van der Waals surface area contributed by atoms with Gasteiger partial charge in [0.25, 0.3) is 0 Å². The summed E-state index contributed by atoms with van der Waals surface area (Å²) >= 11 is 0. The zero-order valence-electron chi connectivity index (χ0n) is 16.6. The van der Waals surface area contributed by atoms with Crippen molar-refractivity contribution in [3.8, 4) is 11.5 Å². The van der Waals surface area contributed by atoms with Crippen molar-refractivity contribution < 1.29 is 9.47 Å². The van der Waals surface area contributed by atoms with Gasteiger partial charge in [0.15, 0.2) is 11.5 Å². The monoisotopic (exact) mass is 437 g/mol. The highest BCUT2D eigenvalue weighted by Gasteiger charge is 2.11. The van der Waals surface area contributed by atoms with Crippen molar-refractivity contribution in [3.63, 3.8) is 0 Å². The van der Waals surface area contributed by atoms with Crippen molar-refractivity contribution >= 4 is 24.8 Å². The molecule has 0 aliphatic carbocycles. The number of hydrogen-bond acceptors (Lipinski definition) is 4. The molecule has 3 rings (SSSR count). The minimum Gasteiger partial charge on any atom is -0.490 e. The fraction of sp³-hybridized carbons (Fsp3) is 0.318. The van der Waals surface area contributed by atoms with E-state index in [4.69, 9.17) is 9.47 Å². The molecule has 0 bridgehead atoms. The van der Waals surface area contributed by atoms with Gasteiger partial charge >= 0.3 is 0 Å². The molecule has 0 saturated carbocycles. The van der Waals surface area contributed by atoms with Crippen LogP contribution in [0.2, 0.25) is 0 Å². The summed E-state index contributed by atoms with van der Waals surface area (Å²) in [6, 6.07) is 16.3. The first-order valence-corrected chi connectivity index (χ1v) is 9.44. The van der Waals surface area contributed by atoms with Crippen LogP contribution in [0.5, 0.6) is 11.5 Å². The Bertz CT molecular complexity index is 799. The molecule has 2 aromatic carbocycles. The maximum Gasteiger partial charge on any atom is 0.166 e. The summed E-state index contributed by atoms with van der Waals surface area (Å²) in [5.74, 6) is 1.62. The molecule has 0 saturated heterocycles. The minimum absolute atomic E-state index is 0. The number of halogens is 2. The third kappa shape index (κ3) is 7.97. The van der Waals surface area contributed by atoms with Crippen LogP contribution in [-0.4, -0.2) is 22.7 Å². The van der Waals surface area contributed by atoms with Crippen LogP contribution in [0, 0.1) is 0 Å². The van der Waals surface area contributed by atoms with Crippen LogP contribution >= 0.6 is 24.8 Å². The Morgan fingerprint density at radius 3 is 2.55 bits per heavy atom. The lowest BCUT2D eigenvalue weighted by molar-refractivity contribution is 0.266. The molecule has 0 unspecified atom stereocenters. The van der Waals surface area contributed by atoms with E-state index in [1.165, 1.54) is 0 Å². The first-order chi connectivity index (χ1) is 13.4. The lowest BCUT2D eigenvalue weighted by Gasteiger charge is -2.16. The van der Waals surface area contributed by atoms with Crippen LogP contribution in [0.1, 0.15) is 24.5 Å². The zero-order chi connectivity index (χ0) is 18.7. The van der Waals surface area contributed by atoms with Gasteiger partial charge in [0.1, 0.15) is 6.61 Å². The van der Waals surface area contributed by atoms with Gasteiger partial charge in [-0.2, -0.15) is 0 Å². The van der Waals surface area contributed by atoms with E-state index in [-0.39, 0.29) is 24.8 Å². The van der Waals surface area contributed by atoms with Crippen molar-refractivity contribution in [1.29, 1.82) is 0 Å². The van der Waals surface area contributed by atoms with Crippen LogP contribution in [0.3, 0.4) is 0 Å². The summed E-state index contributed by atoms with van der Waals surface area (Å²) in [6.07, 6.45) is 6.69. The third-order valence-electron chi connectivity index (χ3n) is 4.23. The lowest BCUT2D eigenvalue weighted by atomic mass is 10.1. The molecule has 29 heavy (non-hydrogen) atoms. The Kier molecular flexibility index (Phi) is 11.9. The topological polar surface area (TPSA) is 48.3 Å². The first kappa shape index (κ1) is 24.8. The first-order valence-electron chi connectivity index (χ1n) is 9.44. The number of nitrogens with one attached hydrogen (secondary N) is 1.